The van der Waals surface area contributed by atoms with E-state index in [1.807, 2.05) is 31.2 Å². The molecule has 2 aromatic rings. The molecule has 0 bridgehead atoms. The molecule has 0 aromatic heterocycles. The lowest BCUT2D eigenvalue weighted by Gasteiger charge is -2.24. The van der Waals surface area contributed by atoms with Crippen molar-refractivity contribution < 1.29 is 11.0 Å². The first-order chi connectivity index (χ1) is 12.9. The summed E-state index contributed by atoms with van der Waals surface area (Å²) in [6.45, 7) is 4.35. The van der Waals surface area contributed by atoms with Crippen LogP contribution < -0.4 is 10.2 Å². The zero-order chi connectivity index (χ0) is 20.0. The van der Waals surface area contributed by atoms with E-state index in [-0.39, 0.29) is 21.7 Å². The minimum Gasteiger partial charge on any atom is -0.294 e. The monoisotopic (exact) mass is 394 g/mol. The van der Waals surface area contributed by atoms with Gasteiger partial charge >= 0.3 is 6.03 Å². The maximum absolute atomic E-state index is 12.7. The Balaban J connectivity index is 2.25. The van der Waals surface area contributed by atoms with Crippen molar-refractivity contribution in [3.63, 3.8) is 0 Å². The number of rotatable bonds is 6. The van der Waals surface area contributed by atoms with Gasteiger partial charge in [-0.15, -0.1) is 0 Å². The van der Waals surface area contributed by atoms with E-state index < -0.39 is 11.9 Å². The second-order valence-corrected chi connectivity index (χ2v) is 6.58. The third-order valence-electron chi connectivity index (χ3n) is 3.99. The molecule has 26 heavy (non-hydrogen) atoms. The smallest absolute Gasteiger partial charge is 0.294 e. The van der Waals surface area contributed by atoms with E-state index in [1.165, 1.54) is 17.0 Å². The Morgan fingerprint density at radius 2 is 1.77 bits per heavy atom. The highest BCUT2D eigenvalue weighted by Gasteiger charge is 2.22. The molecule has 0 aliphatic carbocycles. The number of imide groups is 1. The predicted octanol–water partition coefficient (Wildman–Crippen LogP) is 5.71. The van der Waals surface area contributed by atoms with Gasteiger partial charge in [-0.05, 0) is 43.5 Å². The van der Waals surface area contributed by atoms with Gasteiger partial charge in [0.15, 0.2) is 0 Å². The molecule has 138 valence electrons. The highest BCUT2D eigenvalue weighted by molar-refractivity contribution is 6.40. The molecule has 0 aliphatic heterocycles. The topological polar surface area (TPSA) is 49.4 Å². The van der Waals surface area contributed by atoms with E-state index in [2.05, 4.69) is 12.2 Å². The summed E-state index contributed by atoms with van der Waals surface area (Å²) in [4.78, 5) is 26.8. The number of nitrogens with zero attached hydrogens (tertiary/aromatic N) is 1. The lowest BCUT2D eigenvalue weighted by atomic mass is 10.1. The molecule has 0 saturated heterocycles. The summed E-state index contributed by atoms with van der Waals surface area (Å²) >= 11 is 12.1. The number of halogens is 2. The van der Waals surface area contributed by atoms with Crippen molar-refractivity contribution in [2.24, 2.45) is 0 Å². The Morgan fingerprint density at radius 1 is 1.12 bits per heavy atom. The van der Waals surface area contributed by atoms with Crippen LogP contribution in [0.3, 0.4) is 0 Å². The molecule has 6 heteroatoms. The number of carbonyl (C=O) groups is 2. The van der Waals surface area contributed by atoms with Crippen LogP contribution in [-0.2, 0) is 6.42 Å². The number of hydrogen-bond acceptors (Lipinski definition) is 2. The van der Waals surface area contributed by atoms with Crippen molar-refractivity contribution in [1.29, 1.82) is 0 Å². The van der Waals surface area contributed by atoms with E-state index >= 15 is 0 Å². The molecule has 1 N–H and O–H groups in total. The van der Waals surface area contributed by atoms with Crippen molar-refractivity contribution in [1.82, 2.24) is 5.32 Å². The van der Waals surface area contributed by atoms with Gasteiger partial charge in [-0.1, -0.05) is 60.8 Å². The summed E-state index contributed by atoms with van der Waals surface area (Å²) in [6.07, 6.45) is 2.92. The molecule has 3 amide bonds. The van der Waals surface area contributed by atoms with Crippen LogP contribution in [0.25, 0.3) is 0 Å². The largest absolute Gasteiger partial charge is 0.328 e. The lowest BCUT2D eigenvalue weighted by molar-refractivity contribution is 0.0966. The van der Waals surface area contributed by atoms with Crippen LogP contribution in [0.15, 0.2) is 42.4 Å². The second-order valence-electron chi connectivity index (χ2n) is 5.76. The zero-order valence-electron chi connectivity index (χ0n) is 15.8. The Hall–Kier alpha value is -2.04. The number of unbranched alkanes of at least 4 members (excludes halogenated alkanes) is 1. The Morgan fingerprint density at radius 3 is 2.38 bits per heavy atom. The molecule has 4 nitrogen and oxygen atoms in total. The fourth-order valence-corrected chi connectivity index (χ4v) is 3.22. The van der Waals surface area contributed by atoms with Crippen LogP contribution in [0.5, 0.6) is 0 Å². The number of amides is 3. The Labute approximate surface area is 165 Å². The maximum Gasteiger partial charge on any atom is 0.328 e. The van der Waals surface area contributed by atoms with Gasteiger partial charge in [-0.3, -0.25) is 15.0 Å². The van der Waals surface area contributed by atoms with E-state index in [0.29, 0.717) is 6.54 Å². The molecule has 0 aliphatic rings. The van der Waals surface area contributed by atoms with Gasteiger partial charge in [-0.2, -0.15) is 0 Å². The standard InChI is InChI=1S/C20H22Cl2N2O2/c1-3-5-9-14-10-6-7-13-17(14)24(4-2)20(26)23-19(25)18-15(21)11-8-12-16(18)22/h6-8,10-13H,3-5,9H2,1-2H3,(H,23,25,26)/i8T. The van der Waals surface area contributed by atoms with Gasteiger partial charge in [0.05, 0.1) is 17.0 Å². The van der Waals surface area contributed by atoms with Gasteiger partial charge < -0.3 is 0 Å². The van der Waals surface area contributed by atoms with E-state index in [0.717, 1.165) is 30.5 Å². The zero-order valence-corrected chi connectivity index (χ0v) is 16.3. The van der Waals surface area contributed by atoms with E-state index in [4.69, 9.17) is 24.6 Å². The van der Waals surface area contributed by atoms with Crippen molar-refractivity contribution >= 4 is 40.8 Å². The number of carbonyl (C=O) groups excluding carboxylic acids is 2. The quantitative estimate of drug-likeness (QED) is 0.681. The Kier molecular flexibility index (Phi) is 6.92. The molecule has 0 heterocycles. The molecule has 2 aromatic carbocycles. The van der Waals surface area contributed by atoms with Crippen molar-refractivity contribution in [2.75, 3.05) is 11.4 Å². The summed E-state index contributed by atoms with van der Waals surface area (Å²) in [7, 11) is 0. The van der Waals surface area contributed by atoms with Gasteiger partial charge in [0.1, 0.15) is 0 Å². The third kappa shape index (κ3) is 4.77. The van der Waals surface area contributed by atoms with E-state index in [1.54, 1.807) is 0 Å². The molecule has 2 rings (SSSR count). The van der Waals surface area contributed by atoms with Crippen LogP contribution in [0.2, 0.25) is 10.0 Å². The van der Waals surface area contributed by atoms with Gasteiger partial charge in [0.2, 0.25) is 0 Å². The molecule has 0 saturated carbocycles. The minimum absolute atomic E-state index is 0.0157. The first-order valence-corrected chi connectivity index (χ1v) is 9.31. The highest BCUT2D eigenvalue weighted by atomic mass is 35.5. The van der Waals surface area contributed by atoms with Crippen LogP contribution in [0, 0.1) is 0 Å². The molecule has 0 spiro atoms. The van der Waals surface area contributed by atoms with E-state index in [9.17, 15) is 9.59 Å². The summed E-state index contributed by atoms with van der Waals surface area (Å²) in [6, 6.07) is 9.82. The second kappa shape index (κ2) is 9.60. The van der Waals surface area contributed by atoms with Crippen molar-refractivity contribution in [3.8, 4) is 0 Å². The first-order valence-electron chi connectivity index (χ1n) is 9.05. The average molecular weight is 395 g/mol. The van der Waals surface area contributed by atoms with Crippen molar-refractivity contribution in [3.05, 3.63) is 63.6 Å². The maximum atomic E-state index is 12.7. The summed E-state index contributed by atoms with van der Waals surface area (Å²) in [5.41, 5.74) is 1.81. The Bertz CT molecular complexity index is 819. The molecule has 0 fully saturated rings. The average Bonchev–Trinajstić information content (AvgIpc) is 2.60. The number of hydrogen-bond donors (Lipinski definition) is 1. The number of nitrogens with one attached hydrogen (secondary N) is 1. The minimum atomic E-state index is -0.695. The summed E-state index contributed by atoms with van der Waals surface area (Å²) in [5, 5.41) is 2.41. The summed E-state index contributed by atoms with van der Waals surface area (Å²) in [5.74, 6) is -0.695. The predicted molar refractivity (Wildman–Crippen MR) is 107 cm³/mol. The van der Waals surface area contributed by atoms with Gasteiger partial charge in [0, 0.05) is 12.2 Å². The number of urea groups is 1. The first kappa shape index (κ1) is 18.7. The SMILES string of the molecule is [3H]c1cc(Cl)c(C(=O)NC(=O)N(CC)c2ccccc2CCCC)c(Cl)c1. The number of aryl methyl sites for hydroxylation is 1. The lowest BCUT2D eigenvalue weighted by Crippen LogP contribution is -2.43. The van der Waals surface area contributed by atoms with Crippen LogP contribution >= 0.6 is 23.2 Å². The number of benzene rings is 2. The van der Waals surface area contributed by atoms with Gasteiger partial charge in [-0.25, -0.2) is 4.79 Å². The highest BCUT2D eigenvalue weighted by Crippen LogP contribution is 2.25. The van der Waals surface area contributed by atoms with Crippen LogP contribution in [0.4, 0.5) is 10.5 Å². The normalized spacial score (nSPS) is 11.0. The number of para-hydroxylation sites is 1. The molecule has 0 atom stereocenters. The molecular weight excluding hydrogens is 371 g/mol. The fraction of sp³-hybridized carbons (Fsp3) is 0.300. The van der Waals surface area contributed by atoms with Gasteiger partial charge in [0.25, 0.3) is 5.91 Å². The molecule has 0 radical (unpaired) electrons. The fourth-order valence-electron chi connectivity index (χ4n) is 2.67. The third-order valence-corrected chi connectivity index (χ3v) is 4.58. The number of anilines is 1. The summed E-state index contributed by atoms with van der Waals surface area (Å²) < 4.78 is 7.57. The van der Waals surface area contributed by atoms with Crippen LogP contribution in [-0.4, -0.2) is 18.5 Å². The van der Waals surface area contributed by atoms with Crippen molar-refractivity contribution in [2.45, 2.75) is 33.1 Å². The molecular formula is C20H22Cl2N2O2. The molecule has 0 unspecified atom stereocenters. The van der Waals surface area contributed by atoms with Crippen LogP contribution in [0.1, 0.15) is 44.0 Å².